The molecule has 1 aliphatic heterocycles. The van der Waals surface area contributed by atoms with Crippen LogP contribution in [-0.2, 0) is 22.8 Å². The Kier molecular flexibility index (Phi) is 7.20. The maximum atomic E-state index is 13.1. The molecule has 0 fully saturated rings. The van der Waals surface area contributed by atoms with Crippen molar-refractivity contribution in [3.63, 3.8) is 0 Å². The number of hydrogen-bond acceptors (Lipinski definition) is 4. The second kappa shape index (κ2) is 10.2. The van der Waals surface area contributed by atoms with Gasteiger partial charge in [0.15, 0.2) is 9.84 Å². The van der Waals surface area contributed by atoms with Crippen molar-refractivity contribution < 1.29 is 13.2 Å². The van der Waals surface area contributed by atoms with Crippen molar-refractivity contribution in [1.82, 2.24) is 4.57 Å². The zero-order valence-electron chi connectivity index (χ0n) is 23.5. The summed E-state index contributed by atoms with van der Waals surface area (Å²) in [5.41, 5.74) is 3.91. The van der Waals surface area contributed by atoms with Crippen LogP contribution in [0.2, 0.25) is 5.04 Å². The molecular formula is C32H38N2O3SSi. The number of aryl methyl sites for hydroxylation is 1. The first-order valence-corrected chi connectivity index (χ1v) is 17.5. The average molecular weight is 559 g/mol. The minimum atomic E-state index is -3.46. The summed E-state index contributed by atoms with van der Waals surface area (Å²) in [6, 6.07) is 26.0. The predicted molar refractivity (Wildman–Crippen MR) is 164 cm³/mol. The number of hydrogen-bond donors (Lipinski definition) is 1. The number of sulfone groups is 1. The van der Waals surface area contributed by atoms with Crippen molar-refractivity contribution in [2.45, 2.75) is 57.0 Å². The Morgan fingerprint density at radius 2 is 1.56 bits per heavy atom. The van der Waals surface area contributed by atoms with Crippen LogP contribution in [0.25, 0.3) is 10.9 Å². The zero-order chi connectivity index (χ0) is 28.0. The van der Waals surface area contributed by atoms with Gasteiger partial charge in [-0.15, -0.1) is 0 Å². The molecule has 1 aliphatic rings. The molecule has 0 saturated carbocycles. The standard InChI is InChI=1S/C32H38N2O3SSi/c1-23(2)31-29-21-25-20-24(30(38(5,35)36)22-28(25)34(29)19-18-33-31)16-17-32(3,4)39(37,26-12-8-6-9-13-26)27-14-10-7-11-15-27/h6-15,20-23,37H,16-19H2,1-5H3. The lowest BCUT2D eigenvalue weighted by Crippen LogP contribution is -2.65. The summed E-state index contributed by atoms with van der Waals surface area (Å²) in [5.74, 6) is 0.293. The molecule has 2 heterocycles. The monoisotopic (exact) mass is 558 g/mol. The largest absolute Gasteiger partial charge is 0.424 e. The van der Waals surface area contributed by atoms with Gasteiger partial charge in [-0.1, -0.05) is 88.4 Å². The van der Waals surface area contributed by atoms with Crippen LogP contribution in [0.1, 0.15) is 45.4 Å². The highest BCUT2D eigenvalue weighted by atomic mass is 32.2. The van der Waals surface area contributed by atoms with E-state index in [1.54, 1.807) is 0 Å². The Bertz CT molecular complexity index is 1600. The third-order valence-electron chi connectivity index (χ3n) is 8.28. The summed E-state index contributed by atoms with van der Waals surface area (Å²) < 4.78 is 28.3. The van der Waals surface area contributed by atoms with Crippen molar-refractivity contribution in [2.24, 2.45) is 10.9 Å². The molecule has 0 spiro atoms. The van der Waals surface area contributed by atoms with Gasteiger partial charge < -0.3 is 9.36 Å². The Morgan fingerprint density at radius 3 is 2.10 bits per heavy atom. The molecule has 4 aromatic rings. The first-order chi connectivity index (χ1) is 18.4. The normalized spacial score (nSPS) is 14.5. The third kappa shape index (κ3) is 4.92. The Morgan fingerprint density at radius 1 is 0.974 bits per heavy atom. The van der Waals surface area contributed by atoms with Crippen molar-refractivity contribution in [1.29, 1.82) is 0 Å². The van der Waals surface area contributed by atoms with Crippen LogP contribution < -0.4 is 10.4 Å². The number of aromatic nitrogens is 1. The van der Waals surface area contributed by atoms with E-state index in [-0.39, 0.29) is 0 Å². The van der Waals surface area contributed by atoms with Gasteiger partial charge in [0.2, 0.25) is 0 Å². The quantitative estimate of drug-likeness (QED) is 0.311. The summed E-state index contributed by atoms with van der Waals surface area (Å²) in [7, 11) is -6.66. The summed E-state index contributed by atoms with van der Waals surface area (Å²) in [6.07, 6.45) is 2.48. The maximum Gasteiger partial charge on any atom is 0.258 e. The van der Waals surface area contributed by atoms with Gasteiger partial charge in [-0.2, -0.15) is 0 Å². The molecule has 1 N–H and O–H groups in total. The van der Waals surface area contributed by atoms with Gasteiger partial charge in [-0.3, -0.25) is 4.99 Å². The van der Waals surface area contributed by atoms with E-state index < -0.39 is 23.2 Å². The molecule has 5 nitrogen and oxygen atoms in total. The average Bonchev–Trinajstić information content (AvgIpc) is 3.29. The third-order valence-corrected chi connectivity index (χ3v) is 14.0. The molecule has 0 bridgehead atoms. The predicted octanol–water partition coefficient (Wildman–Crippen LogP) is 4.97. The number of fused-ring (bicyclic) bond motifs is 3. The lowest BCUT2D eigenvalue weighted by Gasteiger charge is -2.41. The van der Waals surface area contributed by atoms with Crippen LogP contribution in [0, 0.1) is 5.92 Å². The molecule has 0 aliphatic carbocycles. The fourth-order valence-corrected chi connectivity index (χ4v) is 10.8. The topological polar surface area (TPSA) is 71.7 Å². The molecule has 0 amide bonds. The fraction of sp³-hybridized carbons (Fsp3) is 0.344. The Labute approximate surface area is 233 Å². The van der Waals surface area contributed by atoms with E-state index in [4.69, 9.17) is 4.99 Å². The van der Waals surface area contributed by atoms with E-state index in [0.717, 1.165) is 44.8 Å². The van der Waals surface area contributed by atoms with Crippen LogP contribution in [-0.4, -0.2) is 44.6 Å². The zero-order valence-corrected chi connectivity index (χ0v) is 25.3. The van der Waals surface area contributed by atoms with Gasteiger partial charge >= 0.3 is 0 Å². The second-order valence-corrected chi connectivity index (χ2v) is 17.6. The smallest absolute Gasteiger partial charge is 0.258 e. The highest BCUT2D eigenvalue weighted by molar-refractivity contribution is 7.90. The summed E-state index contributed by atoms with van der Waals surface area (Å²) in [6.45, 7) is 9.99. The molecular weight excluding hydrogens is 521 g/mol. The van der Waals surface area contributed by atoms with Crippen LogP contribution >= 0.6 is 0 Å². The van der Waals surface area contributed by atoms with E-state index in [1.165, 1.54) is 6.26 Å². The van der Waals surface area contributed by atoms with Crippen LogP contribution in [0.5, 0.6) is 0 Å². The molecule has 3 aromatic carbocycles. The van der Waals surface area contributed by atoms with E-state index in [1.807, 2.05) is 66.7 Å². The molecule has 39 heavy (non-hydrogen) atoms. The van der Waals surface area contributed by atoms with Crippen molar-refractivity contribution in [3.8, 4) is 0 Å². The highest BCUT2D eigenvalue weighted by Crippen LogP contribution is 2.41. The van der Waals surface area contributed by atoms with E-state index in [0.29, 0.717) is 30.2 Å². The van der Waals surface area contributed by atoms with Crippen molar-refractivity contribution in [3.05, 3.63) is 90.1 Å². The van der Waals surface area contributed by atoms with Gasteiger partial charge in [-0.05, 0) is 57.9 Å². The molecule has 0 atom stereocenters. The summed E-state index contributed by atoms with van der Waals surface area (Å²) >= 11 is 0. The minimum absolute atomic E-state index is 0.293. The van der Waals surface area contributed by atoms with Gasteiger partial charge in [-0.25, -0.2) is 8.42 Å². The molecule has 1 aromatic heterocycles. The number of nitrogens with zero attached hydrogens (tertiary/aromatic N) is 2. The lowest BCUT2D eigenvalue weighted by atomic mass is 10.00. The SMILES string of the molecule is CC(C)C1=NCCn2c1cc1cc(CCC(C)(C)[Si](O)(c3ccccc3)c3ccccc3)c(S(C)(=O)=O)cc12. The van der Waals surface area contributed by atoms with Crippen molar-refractivity contribution in [2.75, 3.05) is 12.8 Å². The molecule has 0 saturated heterocycles. The van der Waals surface area contributed by atoms with E-state index in [9.17, 15) is 13.2 Å². The van der Waals surface area contributed by atoms with Crippen LogP contribution in [0.3, 0.4) is 0 Å². The van der Waals surface area contributed by atoms with Gasteiger partial charge in [0.05, 0.1) is 22.8 Å². The summed E-state index contributed by atoms with van der Waals surface area (Å²) in [5, 5.41) is 2.48. The first-order valence-electron chi connectivity index (χ1n) is 13.7. The minimum Gasteiger partial charge on any atom is -0.424 e. The molecule has 5 rings (SSSR count). The number of benzene rings is 3. The van der Waals surface area contributed by atoms with Crippen molar-refractivity contribution >= 4 is 45.1 Å². The second-order valence-electron chi connectivity index (χ2n) is 11.7. The van der Waals surface area contributed by atoms with Crippen LogP contribution in [0.4, 0.5) is 0 Å². The van der Waals surface area contributed by atoms with E-state index >= 15 is 0 Å². The molecule has 0 radical (unpaired) electrons. The first kappa shape index (κ1) is 27.6. The molecule has 0 unspecified atom stereocenters. The van der Waals surface area contributed by atoms with E-state index in [2.05, 4.69) is 44.4 Å². The maximum absolute atomic E-state index is 13.1. The Balaban J connectivity index is 1.58. The number of rotatable bonds is 8. The van der Waals surface area contributed by atoms with Gasteiger partial charge in [0, 0.05) is 23.7 Å². The molecule has 204 valence electrons. The summed E-state index contributed by atoms with van der Waals surface area (Å²) in [4.78, 5) is 17.7. The number of aliphatic imine (C=N–C) groups is 1. The molecule has 7 heteroatoms. The van der Waals surface area contributed by atoms with Gasteiger partial charge in [0.1, 0.15) is 0 Å². The Hall–Kier alpha value is -3.00. The highest BCUT2D eigenvalue weighted by Gasteiger charge is 2.49. The fourth-order valence-electron chi connectivity index (χ4n) is 6.10. The lowest BCUT2D eigenvalue weighted by molar-refractivity contribution is 0.466. The van der Waals surface area contributed by atoms with Gasteiger partial charge in [0.25, 0.3) is 8.32 Å². The van der Waals surface area contributed by atoms with Crippen LogP contribution in [0.15, 0.2) is 88.8 Å².